The van der Waals surface area contributed by atoms with Crippen LogP contribution in [0.3, 0.4) is 0 Å². The van der Waals surface area contributed by atoms with Crippen LogP contribution in [0.4, 0.5) is 0 Å². The van der Waals surface area contributed by atoms with Gasteiger partial charge < -0.3 is 19.6 Å². The number of rotatable bonds is 12. The summed E-state index contributed by atoms with van der Waals surface area (Å²) < 4.78 is 11.7. The molecule has 2 atom stereocenters. The summed E-state index contributed by atoms with van der Waals surface area (Å²) in [6.45, 7) is 0.817. The van der Waals surface area contributed by atoms with E-state index in [9.17, 15) is 10.0 Å². The first-order chi connectivity index (χ1) is 15.0. The Hall–Kier alpha value is -2.49. The molecule has 0 aliphatic carbocycles. The molecule has 1 amide bonds. The van der Waals surface area contributed by atoms with E-state index in [0.29, 0.717) is 13.0 Å². The summed E-state index contributed by atoms with van der Waals surface area (Å²) in [5, 5.41) is 14.6. The van der Waals surface area contributed by atoms with Gasteiger partial charge in [0, 0.05) is 30.3 Å². The maximum atomic E-state index is 12.3. The molecule has 3 aromatic rings. The minimum atomic E-state index is -0.363. The molecule has 0 saturated carbocycles. The predicted molar refractivity (Wildman–Crippen MR) is 121 cm³/mol. The first-order valence-corrected chi connectivity index (χ1v) is 11.1. The third-order valence-electron chi connectivity index (χ3n) is 4.79. The van der Waals surface area contributed by atoms with E-state index in [0.717, 1.165) is 21.4 Å². The van der Waals surface area contributed by atoms with Crippen molar-refractivity contribution in [1.29, 1.82) is 0 Å². The fraction of sp³-hybridized carbons (Fsp3) is 0.348. The van der Waals surface area contributed by atoms with Gasteiger partial charge in [0.1, 0.15) is 25.1 Å². The standard InChI is InChI=1S/C23H28N2O5S/c1-24(23(26)17-28-14-15-29-25(2)27)13-12-21(22-11-6-16-31-22)30-20-10-5-8-18-7-3-4-9-19(18)20/h3-11,16,21,25H,12-15,17H2,1-2H3/t21-/m0/s1. The number of thiophene rings is 1. The summed E-state index contributed by atoms with van der Waals surface area (Å²) in [6.07, 6.45) is 0.491. The molecule has 1 N–H and O–H groups in total. The first-order valence-electron chi connectivity index (χ1n) is 10.2. The Morgan fingerprint density at radius 2 is 1.94 bits per heavy atom. The fourth-order valence-corrected chi connectivity index (χ4v) is 3.92. The molecule has 2 aromatic carbocycles. The molecule has 0 bridgehead atoms. The number of fused-ring (bicyclic) bond motifs is 1. The molecule has 166 valence electrons. The van der Waals surface area contributed by atoms with Gasteiger partial charge >= 0.3 is 0 Å². The highest BCUT2D eigenvalue weighted by Crippen LogP contribution is 2.32. The van der Waals surface area contributed by atoms with E-state index in [2.05, 4.69) is 24.3 Å². The Morgan fingerprint density at radius 1 is 1.13 bits per heavy atom. The van der Waals surface area contributed by atoms with Crippen molar-refractivity contribution in [2.75, 3.05) is 40.5 Å². The van der Waals surface area contributed by atoms with Crippen molar-refractivity contribution >= 4 is 28.0 Å². The van der Waals surface area contributed by atoms with Crippen molar-refractivity contribution < 1.29 is 24.3 Å². The molecule has 1 aromatic heterocycles. The molecule has 8 heteroatoms. The summed E-state index contributed by atoms with van der Waals surface area (Å²) in [5.41, 5.74) is 0. The summed E-state index contributed by atoms with van der Waals surface area (Å²) >= 11 is 1.64. The van der Waals surface area contributed by atoms with Crippen LogP contribution in [0.1, 0.15) is 17.4 Å². The van der Waals surface area contributed by atoms with Gasteiger partial charge in [-0.05, 0) is 22.9 Å². The molecule has 0 saturated heterocycles. The van der Waals surface area contributed by atoms with Gasteiger partial charge in [-0.25, -0.2) is 10.1 Å². The molecule has 1 heterocycles. The highest BCUT2D eigenvalue weighted by atomic mass is 32.1. The van der Waals surface area contributed by atoms with E-state index in [1.807, 2.05) is 35.7 Å². The van der Waals surface area contributed by atoms with Crippen LogP contribution >= 0.6 is 11.3 Å². The fourth-order valence-electron chi connectivity index (χ4n) is 3.14. The highest BCUT2D eigenvalue weighted by molar-refractivity contribution is 7.10. The third kappa shape index (κ3) is 7.02. The van der Waals surface area contributed by atoms with Crippen LogP contribution in [-0.2, 0) is 14.4 Å². The maximum absolute atomic E-state index is 12.3. The average Bonchev–Trinajstić information content (AvgIpc) is 3.30. The smallest absolute Gasteiger partial charge is 0.248 e. The van der Waals surface area contributed by atoms with Gasteiger partial charge in [-0.2, -0.15) is 0 Å². The average molecular weight is 445 g/mol. The topological polar surface area (TPSA) is 75.5 Å². The monoisotopic (exact) mass is 444 g/mol. The van der Waals surface area contributed by atoms with E-state index in [1.165, 1.54) is 7.05 Å². The van der Waals surface area contributed by atoms with Crippen LogP contribution in [0, 0.1) is 5.21 Å². The molecule has 0 radical (unpaired) electrons. The molecule has 0 spiro atoms. The minimum absolute atomic E-state index is 0.0500. The van der Waals surface area contributed by atoms with Crippen LogP contribution in [0.15, 0.2) is 60.0 Å². The number of carbonyl (C=O) groups excluding carboxylic acids is 1. The van der Waals surface area contributed by atoms with Gasteiger partial charge in [0.15, 0.2) is 0 Å². The number of likely N-dealkylation sites (N-methyl/N-ethyl adjacent to an activating group) is 1. The van der Waals surface area contributed by atoms with Crippen LogP contribution in [0.5, 0.6) is 5.75 Å². The van der Waals surface area contributed by atoms with E-state index in [-0.39, 0.29) is 37.1 Å². The molecule has 0 aliphatic heterocycles. The molecule has 31 heavy (non-hydrogen) atoms. The second kappa shape index (κ2) is 11.8. The molecular weight excluding hydrogens is 416 g/mol. The number of quaternary nitrogens is 1. The number of nitrogens with zero attached hydrogens (tertiary/aromatic N) is 1. The van der Waals surface area contributed by atoms with Gasteiger partial charge in [-0.3, -0.25) is 4.79 Å². The van der Waals surface area contributed by atoms with Gasteiger partial charge in [0.05, 0.1) is 13.7 Å². The molecule has 3 rings (SSSR count). The van der Waals surface area contributed by atoms with Crippen molar-refractivity contribution in [3.05, 3.63) is 70.1 Å². The zero-order valence-corrected chi connectivity index (χ0v) is 18.6. The molecule has 0 aliphatic rings. The summed E-state index contributed by atoms with van der Waals surface area (Å²) in [4.78, 5) is 19.9. The first kappa shape index (κ1) is 23.2. The number of carbonyl (C=O) groups is 1. The quantitative estimate of drug-likeness (QED) is 0.343. The number of hydroxylamine groups is 2. The Labute approximate surface area is 186 Å². The zero-order valence-electron chi connectivity index (χ0n) is 17.8. The van der Waals surface area contributed by atoms with E-state index in [4.69, 9.17) is 14.3 Å². The number of amides is 1. The van der Waals surface area contributed by atoms with E-state index >= 15 is 0 Å². The number of benzene rings is 2. The third-order valence-corrected chi connectivity index (χ3v) is 5.75. The lowest BCUT2D eigenvalue weighted by Crippen LogP contribution is -3.02. The Bertz CT molecular complexity index is 943. The Kier molecular flexibility index (Phi) is 8.81. The van der Waals surface area contributed by atoms with Crippen molar-refractivity contribution in [2.45, 2.75) is 12.5 Å². The lowest BCUT2D eigenvalue weighted by Gasteiger charge is -2.23. The number of hydrogen-bond donors (Lipinski definition) is 1. The van der Waals surface area contributed by atoms with Crippen molar-refractivity contribution in [2.24, 2.45) is 0 Å². The molecule has 0 fully saturated rings. The lowest BCUT2D eigenvalue weighted by atomic mass is 10.1. The second-order valence-electron chi connectivity index (χ2n) is 7.10. The summed E-state index contributed by atoms with van der Waals surface area (Å²) in [6, 6.07) is 18.2. The number of nitrogens with one attached hydrogen (secondary N) is 1. The summed E-state index contributed by atoms with van der Waals surface area (Å²) in [5.74, 6) is 0.706. The van der Waals surface area contributed by atoms with Gasteiger partial charge in [-0.1, -0.05) is 42.5 Å². The Morgan fingerprint density at radius 3 is 2.71 bits per heavy atom. The number of ether oxygens (including phenoxy) is 2. The van der Waals surface area contributed by atoms with Crippen molar-refractivity contribution in [3.63, 3.8) is 0 Å². The molecule has 7 nitrogen and oxygen atoms in total. The van der Waals surface area contributed by atoms with Crippen LogP contribution < -0.4 is 9.96 Å². The van der Waals surface area contributed by atoms with Crippen LogP contribution in [0.2, 0.25) is 0 Å². The van der Waals surface area contributed by atoms with E-state index < -0.39 is 0 Å². The normalized spacial score (nSPS) is 13.1. The lowest BCUT2D eigenvalue weighted by molar-refractivity contribution is -1.04. The summed E-state index contributed by atoms with van der Waals surface area (Å²) in [7, 11) is 3.09. The van der Waals surface area contributed by atoms with E-state index in [1.54, 1.807) is 23.3 Å². The van der Waals surface area contributed by atoms with Crippen LogP contribution in [0.25, 0.3) is 10.8 Å². The van der Waals surface area contributed by atoms with Gasteiger partial charge in [-0.15, -0.1) is 11.3 Å². The number of hydrogen-bond acceptors (Lipinski definition) is 6. The maximum Gasteiger partial charge on any atom is 0.248 e. The predicted octanol–water partition coefficient (Wildman–Crippen LogP) is 2.83. The van der Waals surface area contributed by atoms with Crippen molar-refractivity contribution in [3.8, 4) is 5.75 Å². The SMILES string of the molecule is CN(CC[C@H](Oc1cccc2ccccc12)c1cccs1)C(=O)COCCO[NH+](C)[O-]. The second-order valence-corrected chi connectivity index (χ2v) is 8.08. The minimum Gasteiger partial charge on any atom is -0.600 e. The molecule has 1 unspecified atom stereocenters. The highest BCUT2D eigenvalue weighted by Gasteiger charge is 2.18. The zero-order chi connectivity index (χ0) is 22.1. The molecular formula is C23H28N2O5S. The van der Waals surface area contributed by atoms with Crippen LogP contribution in [-0.4, -0.2) is 51.3 Å². The Balaban J connectivity index is 1.57. The van der Waals surface area contributed by atoms with Crippen molar-refractivity contribution in [1.82, 2.24) is 4.90 Å². The van der Waals surface area contributed by atoms with Gasteiger partial charge in [0.25, 0.3) is 0 Å². The van der Waals surface area contributed by atoms with Gasteiger partial charge in [0.2, 0.25) is 5.91 Å². The largest absolute Gasteiger partial charge is 0.600 e.